The Morgan fingerprint density at radius 1 is 1.16 bits per heavy atom. The van der Waals surface area contributed by atoms with Crippen molar-refractivity contribution in [3.63, 3.8) is 0 Å². The highest BCUT2D eigenvalue weighted by molar-refractivity contribution is 5.85. The molecule has 0 aromatic carbocycles. The van der Waals surface area contributed by atoms with Crippen LogP contribution in [0.15, 0.2) is 4.52 Å². The minimum Gasteiger partial charge on any atom is -0.341 e. The van der Waals surface area contributed by atoms with Gasteiger partial charge in [0.2, 0.25) is 11.8 Å². The quantitative estimate of drug-likeness (QED) is 0.776. The van der Waals surface area contributed by atoms with E-state index in [1.165, 1.54) is 0 Å². The molecule has 1 atom stereocenters. The second-order valence-electron chi connectivity index (χ2n) is 6.33. The molecule has 0 aliphatic carbocycles. The highest BCUT2D eigenvalue weighted by Crippen LogP contribution is 2.14. The van der Waals surface area contributed by atoms with Crippen LogP contribution in [0.5, 0.6) is 0 Å². The van der Waals surface area contributed by atoms with E-state index in [0.29, 0.717) is 18.3 Å². The molecule has 25 heavy (non-hydrogen) atoms. The lowest BCUT2D eigenvalue weighted by atomic mass is 10.2. The first-order valence-electron chi connectivity index (χ1n) is 8.44. The Morgan fingerprint density at radius 2 is 1.80 bits per heavy atom. The zero-order valence-electron chi connectivity index (χ0n) is 14.6. The molecule has 3 heterocycles. The molecule has 8 nitrogen and oxygen atoms in total. The highest BCUT2D eigenvalue weighted by atomic mass is 35.5. The lowest BCUT2D eigenvalue weighted by molar-refractivity contribution is -0.136. The zero-order chi connectivity index (χ0) is 16.2. The summed E-state index contributed by atoms with van der Waals surface area (Å²) in [7, 11) is 0. The molecule has 1 aromatic rings. The number of hydrogen-bond acceptors (Lipinski definition) is 7. The number of hydrogen-bond donors (Lipinski definition) is 1. The zero-order valence-corrected chi connectivity index (χ0v) is 16.2. The summed E-state index contributed by atoms with van der Waals surface area (Å²) in [5.74, 6) is 1.44. The fourth-order valence-electron chi connectivity index (χ4n) is 3.30. The molecule has 2 aliphatic rings. The van der Waals surface area contributed by atoms with Gasteiger partial charge in [-0.2, -0.15) is 4.98 Å². The van der Waals surface area contributed by atoms with Crippen molar-refractivity contribution in [1.29, 1.82) is 0 Å². The average Bonchev–Trinajstić information content (AvgIpc) is 3.26. The predicted molar refractivity (Wildman–Crippen MR) is 98.8 cm³/mol. The molecule has 0 bridgehead atoms. The molecular weight excluding hydrogens is 367 g/mol. The Balaban J connectivity index is 0.00000156. The van der Waals surface area contributed by atoms with E-state index in [9.17, 15) is 4.79 Å². The molecule has 2 fully saturated rings. The van der Waals surface area contributed by atoms with E-state index in [1.54, 1.807) is 0 Å². The Morgan fingerprint density at radius 3 is 2.36 bits per heavy atom. The number of carbonyl (C=O) groups excluding carboxylic acids is 1. The van der Waals surface area contributed by atoms with Crippen LogP contribution >= 0.6 is 24.8 Å². The number of amides is 1. The molecule has 0 spiro atoms. The lowest BCUT2D eigenvalue weighted by Gasteiger charge is -2.38. The van der Waals surface area contributed by atoms with Crippen LogP contribution in [-0.2, 0) is 17.9 Å². The van der Waals surface area contributed by atoms with Crippen LogP contribution in [0.3, 0.4) is 0 Å². The van der Waals surface area contributed by atoms with Gasteiger partial charge in [0, 0.05) is 39.3 Å². The Kier molecular flexibility index (Phi) is 9.09. The number of nitrogens with two attached hydrogens (primary N) is 1. The first kappa shape index (κ1) is 22.1. The lowest BCUT2D eigenvalue weighted by Crippen LogP contribution is -2.54. The van der Waals surface area contributed by atoms with Crippen LogP contribution in [-0.4, -0.2) is 76.1 Å². The molecule has 2 saturated heterocycles. The summed E-state index contributed by atoms with van der Waals surface area (Å²) >= 11 is 0. The van der Waals surface area contributed by atoms with Crippen LogP contribution in [0.25, 0.3) is 0 Å². The third kappa shape index (κ3) is 5.52. The standard InChI is InChI=1S/C15H26N6O2.2ClH/c1-12(15(22)21-4-2-3-5-21)20-8-6-19(7-9-20)11-13-17-14(10-16)23-18-13;;/h12H,2-11,16H2,1H3;2*1H. The van der Waals surface area contributed by atoms with Gasteiger partial charge in [-0.05, 0) is 19.8 Å². The molecule has 1 aromatic heterocycles. The van der Waals surface area contributed by atoms with Gasteiger partial charge in [-0.15, -0.1) is 24.8 Å². The van der Waals surface area contributed by atoms with Gasteiger partial charge in [-0.3, -0.25) is 14.6 Å². The van der Waals surface area contributed by atoms with Crippen LogP contribution in [0.1, 0.15) is 31.5 Å². The third-order valence-corrected chi connectivity index (χ3v) is 4.78. The van der Waals surface area contributed by atoms with Crippen LogP contribution in [0.2, 0.25) is 0 Å². The highest BCUT2D eigenvalue weighted by Gasteiger charge is 2.30. The number of halogens is 2. The summed E-state index contributed by atoms with van der Waals surface area (Å²) in [6, 6.07) is -0.0238. The Hall–Kier alpha value is -0.930. The first-order valence-corrected chi connectivity index (χ1v) is 8.44. The van der Waals surface area contributed by atoms with Gasteiger partial charge in [0.05, 0.1) is 19.1 Å². The molecule has 2 N–H and O–H groups in total. The maximum absolute atomic E-state index is 12.5. The summed E-state index contributed by atoms with van der Waals surface area (Å²) < 4.78 is 5.03. The summed E-state index contributed by atoms with van der Waals surface area (Å²) in [5.41, 5.74) is 5.48. The number of carbonyl (C=O) groups is 1. The van der Waals surface area contributed by atoms with Gasteiger partial charge in [0.15, 0.2) is 5.82 Å². The fourth-order valence-corrected chi connectivity index (χ4v) is 3.30. The molecule has 2 aliphatic heterocycles. The maximum atomic E-state index is 12.5. The Bertz CT molecular complexity index is 530. The first-order chi connectivity index (χ1) is 11.2. The predicted octanol–water partition coefficient (Wildman–Crippen LogP) is 0.500. The van der Waals surface area contributed by atoms with E-state index in [2.05, 4.69) is 19.9 Å². The SMILES string of the molecule is CC(C(=O)N1CCCC1)N1CCN(Cc2noc(CN)n2)CC1.Cl.Cl. The number of nitrogens with zero attached hydrogens (tertiary/aromatic N) is 5. The largest absolute Gasteiger partial charge is 0.341 e. The summed E-state index contributed by atoms with van der Waals surface area (Å²) in [5, 5.41) is 3.93. The van der Waals surface area contributed by atoms with Crippen molar-refractivity contribution >= 4 is 30.7 Å². The van der Waals surface area contributed by atoms with Gasteiger partial charge >= 0.3 is 0 Å². The van der Waals surface area contributed by atoms with Gasteiger partial charge in [-0.1, -0.05) is 5.16 Å². The second kappa shape index (κ2) is 10.3. The van der Waals surface area contributed by atoms with Gasteiger partial charge in [0.25, 0.3) is 0 Å². The normalized spacial score (nSPS) is 20.0. The fraction of sp³-hybridized carbons (Fsp3) is 0.800. The van der Waals surface area contributed by atoms with Gasteiger partial charge < -0.3 is 15.2 Å². The minimum absolute atomic E-state index is 0. The van der Waals surface area contributed by atoms with Crippen LogP contribution in [0, 0.1) is 0 Å². The van der Waals surface area contributed by atoms with E-state index in [4.69, 9.17) is 10.3 Å². The minimum atomic E-state index is -0.0238. The van der Waals surface area contributed by atoms with E-state index in [-0.39, 0.29) is 43.3 Å². The smallest absolute Gasteiger partial charge is 0.240 e. The number of likely N-dealkylation sites (tertiary alicyclic amines) is 1. The molecule has 10 heteroatoms. The molecule has 3 rings (SSSR count). The van der Waals surface area contributed by atoms with Crippen molar-refractivity contribution in [2.75, 3.05) is 39.3 Å². The number of rotatable bonds is 5. The monoisotopic (exact) mass is 394 g/mol. The van der Waals surface area contributed by atoms with Crippen molar-refractivity contribution in [3.05, 3.63) is 11.7 Å². The van der Waals surface area contributed by atoms with Crippen molar-refractivity contribution in [3.8, 4) is 0 Å². The van der Waals surface area contributed by atoms with Crippen LogP contribution in [0.4, 0.5) is 0 Å². The van der Waals surface area contributed by atoms with Crippen LogP contribution < -0.4 is 5.73 Å². The van der Waals surface area contributed by atoms with E-state index in [0.717, 1.165) is 52.1 Å². The number of aromatic nitrogens is 2. The summed E-state index contributed by atoms with van der Waals surface area (Å²) in [6.45, 7) is 8.42. The van der Waals surface area contributed by atoms with Gasteiger partial charge in [0.1, 0.15) is 0 Å². The topological polar surface area (TPSA) is 91.7 Å². The molecule has 0 saturated carbocycles. The van der Waals surface area contributed by atoms with Crippen molar-refractivity contribution in [2.24, 2.45) is 5.73 Å². The average molecular weight is 395 g/mol. The summed E-state index contributed by atoms with van der Waals surface area (Å²) in [6.07, 6.45) is 2.28. The molecule has 1 unspecified atom stereocenters. The summed E-state index contributed by atoms with van der Waals surface area (Å²) in [4.78, 5) is 23.3. The maximum Gasteiger partial charge on any atom is 0.240 e. The molecule has 0 radical (unpaired) electrons. The van der Waals surface area contributed by atoms with Crippen molar-refractivity contribution in [2.45, 2.75) is 38.9 Å². The van der Waals surface area contributed by atoms with Gasteiger partial charge in [-0.25, -0.2) is 0 Å². The van der Waals surface area contributed by atoms with E-state index < -0.39 is 0 Å². The van der Waals surface area contributed by atoms with Crippen molar-refractivity contribution in [1.82, 2.24) is 24.8 Å². The Labute approximate surface area is 160 Å². The number of piperazine rings is 1. The van der Waals surface area contributed by atoms with E-state index >= 15 is 0 Å². The van der Waals surface area contributed by atoms with E-state index in [1.807, 2.05) is 11.8 Å². The third-order valence-electron chi connectivity index (χ3n) is 4.78. The van der Waals surface area contributed by atoms with Crippen molar-refractivity contribution < 1.29 is 9.32 Å². The molecule has 1 amide bonds. The second-order valence-corrected chi connectivity index (χ2v) is 6.33. The molecular formula is C15H28Cl2N6O2. The molecule has 144 valence electrons.